The number of fused-ring (bicyclic) bond motifs is 1. The minimum atomic E-state index is -1.11. The normalized spacial score (nSPS) is 22.4. The van der Waals surface area contributed by atoms with Crippen LogP contribution >= 0.6 is 12.2 Å². The van der Waals surface area contributed by atoms with Gasteiger partial charge in [0.05, 0.1) is 17.9 Å². The molecule has 1 aliphatic heterocycles. The summed E-state index contributed by atoms with van der Waals surface area (Å²) in [6.07, 6.45) is 6.02. The van der Waals surface area contributed by atoms with Crippen LogP contribution in [-0.2, 0) is 22.4 Å². The van der Waals surface area contributed by atoms with Gasteiger partial charge in [-0.05, 0) is 59.9 Å². The molecular formula is C24H25F2N3O3S. The molecule has 0 saturated heterocycles. The molecule has 0 bridgehead atoms. The molecule has 3 N–H and O–H groups in total. The number of halogens is 2. The van der Waals surface area contributed by atoms with Crippen molar-refractivity contribution in [1.82, 2.24) is 15.5 Å². The van der Waals surface area contributed by atoms with E-state index in [-0.39, 0.29) is 18.0 Å². The third kappa shape index (κ3) is 4.17. The number of rotatable bonds is 7. The van der Waals surface area contributed by atoms with Crippen LogP contribution in [0.4, 0.5) is 8.78 Å². The average Bonchev–Trinajstić information content (AvgIpc) is 3.30. The Hall–Kier alpha value is -3.07. The van der Waals surface area contributed by atoms with Crippen LogP contribution in [0, 0.1) is 23.5 Å². The van der Waals surface area contributed by atoms with Crippen LogP contribution < -0.4 is 10.6 Å². The number of amides is 1. The summed E-state index contributed by atoms with van der Waals surface area (Å²) >= 11 is 5.79. The summed E-state index contributed by atoms with van der Waals surface area (Å²) < 4.78 is 28.2. The number of carboxylic acid groups (broad SMARTS) is 1. The van der Waals surface area contributed by atoms with Gasteiger partial charge in [0.1, 0.15) is 11.6 Å². The first-order chi connectivity index (χ1) is 15.9. The number of hydrogen-bond acceptors (Lipinski definition) is 5. The second-order valence-electron chi connectivity index (χ2n) is 8.40. The first-order valence-electron chi connectivity index (χ1n) is 10.9. The van der Waals surface area contributed by atoms with Gasteiger partial charge in [-0.15, -0.1) is 0 Å². The van der Waals surface area contributed by atoms with E-state index in [9.17, 15) is 23.5 Å². The van der Waals surface area contributed by atoms with Crippen molar-refractivity contribution >= 4 is 29.5 Å². The molecule has 3 aliphatic rings. The van der Waals surface area contributed by atoms with E-state index < -0.39 is 23.5 Å². The summed E-state index contributed by atoms with van der Waals surface area (Å²) in [5.74, 6) is -2.87. The van der Waals surface area contributed by atoms with Gasteiger partial charge < -0.3 is 20.6 Å². The maximum absolute atomic E-state index is 14.3. The van der Waals surface area contributed by atoms with Crippen LogP contribution in [0.1, 0.15) is 30.9 Å². The van der Waals surface area contributed by atoms with Crippen molar-refractivity contribution in [2.75, 3.05) is 13.2 Å². The lowest BCUT2D eigenvalue weighted by atomic mass is 9.68. The number of thiocarbonyl (C=S) groups is 1. The molecule has 0 radical (unpaired) electrons. The molecule has 0 spiro atoms. The van der Waals surface area contributed by atoms with Crippen molar-refractivity contribution in [3.05, 3.63) is 69.7 Å². The molecule has 1 aromatic rings. The number of nitrogens with one attached hydrogen (secondary N) is 2. The van der Waals surface area contributed by atoms with Crippen molar-refractivity contribution in [2.45, 2.75) is 32.6 Å². The molecule has 6 nitrogen and oxygen atoms in total. The summed E-state index contributed by atoms with van der Waals surface area (Å²) in [6.45, 7) is 2.57. The molecule has 4 rings (SSSR count). The highest BCUT2D eigenvalue weighted by atomic mass is 32.1. The maximum Gasteiger partial charge on any atom is 0.339 e. The van der Waals surface area contributed by atoms with E-state index in [2.05, 4.69) is 10.6 Å². The molecule has 9 heteroatoms. The number of carbonyl (C=O) groups excluding carboxylic acids is 1. The van der Waals surface area contributed by atoms with Crippen LogP contribution in [-0.4, -0.2) is 40.5 Å². The predicted octanol–water partition coefficient (Wildman–Crippen LogP) is 3.19. The Labute approximate surface area is 196 Å². The second kappa shape index (κ2) is 9.43. The molecule has 33 heavy (non-hydrogen) atoms. The topological polar surface area (TPSA) is 81.7 Å². The number of carbonyl (C=O) groups is 2. The molecule has 2 unspecified atom stereocenters. The summed E-state index contributed by atoms with van der Waals surface area (Å²) in [4.78, 5) is 25.7. The fraction of sp³-hybridized carbons (Fsp3) is 0.375. The quantitative estimate of drug-likeness (QED) is 0.417. The van der Waals surface area contributed by atoms with Crippen LogP contribution in [0.3, 0.4) is 0 Å². The zero-order chi connectivity index (χ0) is 23.7. The van der Waals surface area contributed by atoms with E-state index in [1.807, 2.05) is 11.8 Å². The molecule has 1 heterocycles. The Bertz CT molecular complexity index is 1110. The van der Waals surface area contributed by atoms with Gasteiger partial charge in [0.15, 0.2) is 0 Å². The number of hydrogen-bond donors (Lipinski definition) is 3. The largest absolute Gasteiger partial charge is 0.478 e. The summed E-state index contributed by atoms with van der Waals surface area (Å²) in [6, 6.07) is 2.25. The van der Waals surface area contributed by atoms with Crippen LogP contribution in [0.25, 0.3) is 0 Å². The molecular weight excluding hydrogens is 448 g/mol. The zero-order valence-corrected chi connectivity index (χ0v) is 19.0. The van der Waals surface area contributed by atoms with Crippen molar-refractivity contribution in [1.29, 1.82) is 0 Å². The number of aliphatic carboxylic acids is 1. The van der Waals surface area contributed by atoms with Crippen LogP contribution in [0.2, 0.25) is 0 Å². The Morgan fingerprint density at radius 3 is 2.82 bits per heavy atom. The highest BCUT2D eigenvalue weighted by Gasteiger charge is 2.42. The smallest absolute Gasteiger partial charge is 0.339 e. The fourth-order valence-corrected chi connectivity index (χ4v) is 5.84. The summed E-state index contributed by atoms with van der Waals surface area (Å²) in [5.41, 5.74) is 3.38. The first-order valence-corrected chi connectivity index (χ1v) is 11.3. The third-order valence-electron chi connectivity index (χ3n) is 6.65. The molecule has 1 amide bonds. The molecule has 1 aromatic carbocycles. The van der Waals surface area contributed by atoms with Gasteiger partial charge in [-0.2, -0.15) is 0 Å². The Balaban J connectivity index is 1.83. The zero-order valence-electron chi connectivity index (χ0n) is 18.2. The Morgan fingerprint density at radius 1 is 1.39 bits per heavy atom. The van der Waals surface area contributed by atoms with Gasteiger partial charge >= 0.3 is 5.97 Å². The molecule has 2 aliphatic carbocycles. The second-order valence-corrected chi connectivity index (χ2v) is 8.84. The number of carboxylic acids is 1. The lowest BCUT2D eigenvalue weighted by Gasteiger charge is -2.40. The van der Waals surface area contributed by atoms with Crippen molar-refractivity contribution in [3.8, 4) is 0 Å². The van der Waals surface area contributed by atoms with Gasteiger partial charge in [0.25, 0.3) is 0 Å². The SMILES string of the molecule is CCC1=C(CNC=O)C(C2CCc3c(F)cc(F)cc3C2)C(=S)C(C(=O)O)=C1N1C=CNC1. The molecule has 2 atom stereocenters. The minimum absolute atomic E-state index is 0.0753. The molecule has 0 saturated carbocycles. The minimum Gasteiger partial charge on any atom is -0.478 e. The highest BCUT2D eigenvalue weighted by Crippen LogP contribution is 2.44. The van der Waals surface area contributed by atoms with Crippen molar-refractivity contribution in [3.63, 3.8) is 0 Å². The summed E-state index contributed by atoms with van der Waals surface area (Å²) in [5, 5.41) is 15.9. The van der Waals surface area contributed by atoms with Crippen LogP contribution in [0.5, 0.6) is 0 Å². The van der Waals surface area contributed by atoms with E-state index in [1.165, 1.54) is 6.07 Å². The molecule has 174 valence electrons. The lowest BCUT2D eigenvalue weighted by Crippen LogP contribution is -2.41. The highest BCUT2D eigenvalue weighted by molar-refractivity contribution is 7.81. The van der Waals surface area contributed by atoms with E-state index >= 15 is 0 Å². The number of nitrogens with zero attached hydrogens (tertiary/aromatic N) is 1. The standard InChI is InChI=1S/C24H25F2N3O3S/c1-2-16-18(10-28-12-30)20(13-3-4-17-14(7-13)8-15(25)9-19(17)26)23(33)21(24(31)32)22(16)29-6-5-27-11-29/h5-6,8-9,12-13,20,27H,2-4,7,10-11H2,1H3,(H,28,30)(H,31,32). The van der Waals surface area contributed by atoms with Gasteiger partial charge in [0.2, 0.25) is 6.41 Å². The predicted molar refractivity (Wildman–Crippen MR) is 123 cm³/mol. The van der Waals surface area contributed by atoms with Crippen LogP contribution in [0.15, 0.2) is 46.9 Å². The summed E-state index contributed by atoms with van der Waals surface area (Å²) in [7, 11) is 0. The average molecular weight is 474 g/mol. The van der Waals surface area contributed by atoms with E-state index in [0.29, 0.717) is 60.5 Å². The van der Waals surface area contributed by atoms with E-state index in [4.69, 9.17) is 12.2 Å². The van der Waals surface area contributed by atoms with Gasteiger partial charge in [-0.25, -0.2) is 13.6 Å². The van der Waals surface area contributed by atoms with Crippen molar-refractivity contribution < 1.29 is 23.5 Å². The maximum atomic E-state index is 14.3. The molecule has 0 fully saturated rings. The van der Waals surface area contributed by atoms with E-state index in [1.54, 1.807) is 12.4 Å². The third-order valence-corrected chi connectivity index (χ3v) is 7.11. The number of benzene rings is 1. The monoisotopic (exact) mass is 473 g/mol. The molecule has 0 aromatic heterocycles. The van der Waals surface area contributed by atoms with E-state index in [0.717, 1.165) is 17.2 Å². The Morgan fingerprint density at radius 2 is 2.18 bits per heavy atom. The van der Waals surface area contributed by atoms with Crippen molar-refractivity contribution in [2.24, 2.45) is 11.8 Å². The van der Waals surface area contributed by atoms with Gasteiger partial charge in [-0.3, -0.25) is 4.79 Å². The number of allylic oxidation sites excluding steroid dienone is 1. The lowest BCUT2D eigenvalue weighted by molar-refractivity contribution is -0.132. The Kier molecular flexibility index (Phi) is 6.60. The fourth-order valence-electron chi connectivity index (χ4n) is 5.32. The first kappa shape index (κ1) is 23.1. The van der Waals surface area contributed by atoms with Gasteiger partial charge in [-0.1, -0.05) is 19.1 Å². The van der Waals surface area contributed by atoms with Gasteiger partial charge in [0, 0.05) is 35.8 Å².